The smallest absolute Gasteiger partial charge is 0.410 e. The van der Waals surface area contributed by atoms with Gasteiger partial charge in [0.05, 0.1) is 10.7 Å². The van der Waals surface area contributed by atoms with Gasteiger partial charge in [-0.2, -0.15) is 5.10 Å². The number of benzene rings is 1. The molecule has 1 aliphatic rings. The Hall–Kier alpha value is -2.25. The summed E-state index contributed by atoms with van der Waals surface area (Å²) >= 11 is 12.4. The van der Waals surface area contributed by atoms with Crippen LogP contribution in [-0.2, 0) is 4.74 Å². The fourth-order valence-corrected chi connectivity index (χ4v) is 4.27. The summed E-state index contributed by atoms with van der Waals surface area (Å²) in [6.45, 7) is 6.67. The number of fused-ring (bicyclic) bond motifs is 3. The number of nitrogens with zero attached hydrogens (tertiary/aromatic N) is 3. The molecule has 7 nitrogen and oxygen atoms in total. The molecule has 154 valence electrons. The minimum absolute atomic E-state index is 0.0852. The zero-order valence-electron chi connectivity index (χ0n) is 16.5. The van der Waals surface area contributed by atoms with Crippen LogP contribution in [0.1, 0.15) is 45.2 Å². The molecular weight excluding hydrogens is 415 g/mol. The van der Waals surface area contributed by atoms with Crippen LogP contribution in [0.2, 0.25) is 10.0 Å². The van der Waals surface area contributed by atoms with Gasteiger partial charge < -0.3 is 14.6 Å². The van der Waals surface area contributed by atoms with Crippen molar-refractivity contribution < 1.29 is 9.53 Å². The second-order valence-electron chi connectivity index (χ2n) is 8.34. The van der Waals surface area contributed by atoms with Gasteiger partial charge in [0.1, 0.15) is 16.8 Å². The van der Waals surface area contributed by atoms with Gasteiger partial charge in [0.2, 0.25) is 0 Å². The average molecular weight is 437 g/mol. The number of aromatic nitrogens is 3. The van der Waals surface area contributed by atoms with Crippen molar-refractivity contribution >= 4 is 45.8 Å². The van der Waals surface area contributed by atoms with Crippen LogP contribution in [0.3, 0.4) is 0 Å². The van der Waals surface area contributed by atoms with Gasteiger partial charge in [-0.05, 0) is 45.7 Å². The Bertz CT molecular complexity index is 1150. The molecule has 1 aliphatic heterocycles. The second-order valence-corrected chi connectivity index (χ2v) is 9.19. The number of carbonyl (C=O) groups excluding carboxylic acids is 1. The molecular formula is C20H22Cl2N4O3. The van der Waals surface area contributed by atoms with Gasteiger partial charge in [-0.3, -0.25) is 4.79 Å². The number of ether oxygens (including phenoxy) is 1. The van der Waals surface area contributed by atoms with E-state index in [1.807, 2.05) is 20.8 Å². The van der Waals surface area contributed by atoms with Crippen LogP contribution < -0.4 is 5.56 Å². The van der Waals surface area contributed by atoms with Crippen molar-refractivity contribution in [1.29, 1.82) is 0 Å². The fourth-order valence-electron chi connectivity index (χ4n) is 3.74. The van der Waals surface area contributed by atoms with E-state index in [9.17, 15) is 9.59 Å². The predicted octanol–water partition coefficient (Wildman–Crippen LogP) is 4.60. The molecule has 2 aromatic heterocycles. The highest BCUT2D eigenvalue weighted by atomic mass is 35.5. The number of halogens is 2. The number of rotatable bonds is 1. The number of nitrogens with one attached hydrogen (secondary N) is 1. The van der Waals surface area contributed by atoms with Gasteiger partial charge in [-0.1, -0.05) is 23.2 Å². The number of hydrogen-bond donors (Lipinski definition) is 1. The standard InChI is InChI=1S/C20H22Cl2N4O3/c1-20(2,3)29-19(28)25-6-4-11(5-7-25)15-10-16(27)23-18-13-8-12(21)9-14(22)17(13)24-26(15)18/h8-11H,4-7H2,1-3H3,(H,23,27). The van der Waals surface area contributed by atoms with E-state index in [1.165, 1.54) is 0 Å². The highest BCUT2D eigenvalue weighted by Crippen LogP contribution is 2.33. The minimum Gasteiger partial charge on any atom is -0.444 e. The summed E-state index contributed by atoms with van der Waals surface area (Å²) in [6, 6.07) is 4.95. The zero-order chi connectivity index (χ0) is 20.9. The molecule has 0 saturated carbocycles. The summed E-state index contributed by atoms with van der Waals surface area (Å²) in [7, 11) is 0. The Labute approximate surface area is 177 Å². The first-order valence-electron chi connectivity index (χ1n) is 9.51. The van der Waals surface area contributed by atoms with Gasteiger partial charge in [-0.25, -0.2) is 9.31 Å². The molecule has 0 atom stereocenters. The molecule has 0 aliphatic carbocycles. The quantitative estimate of drug-likeness (QED) is 0.604. The Balaban J connectivity index is 1.66. The van der Waals surface area contributed by atoms with E-state index >= 15 is 0 Å². The van der Waals surface area contributed by atoms with Crippen LogP contribution in [-0.4, -0.2) is 44.3 Å². The maximum Gasteiger partial charge on any atom is 0.410 e. The van der Waals surface area contributed by atoms with Gasteiger partial charge in [0.15, 0.2) is 0 Å². The minimum atomic E-state index is -0.525. The molecule has 29 heavy (non-hydrogen) atoms. The van der Waals surface area contributed by atoms with Crippen molar-refractivity contribution in [1.82, 2.24) is 19.5 Å². The lowest BCUT2D eigenvalue weighted by atomic mass is 9.93. The highest BCUT2D eigenvalue weighted by molar-refractivity contribution is 6.38. The lowest BCUT2D eigenvalue weighted by Gasteiger charge is -2.33. The molecule has 0 bridgehead atoms. The molecule has 1 N–H and O–H groups in total. The highest BCUT2D eigenvalue weighted by Gasteiger charge is 2.29. The normalized spacial score (nSPS) is 16.0. The second kappa shape index (κ2) is 7.22. The van der Waals surface area contributed by atoms with E-state index in [1.54, 1.807) is 27.6 Å². The molecule has 1 saturated heterocycles. The van der Waals surface area contributed by atoms with Crippen molar-refractivity contribution in [3.63, 3.8) is 0 Å². The number of H-pyrrole nitrogens is 1. The van der Waals surface area contributed by atoms with E-state index in [4.69, 9.17) is 27.9 Å². The monoisotopic (exact) mass is 436 g/mol. The third kappa shape index (κ3) is 3.94. The topological polar surface area (TPSA) is 79.7 Å². The molecule has 9 heteroatoms. The van der Waals surface area contributed by atoms with Crippen LogP contribution in [0, 0.1) is 0 Å². The number of amides is 1. The van der Waals surface area contributed by atoms with Crippen molar-refractivity contribution in [3.8, 4) is 0 Å². The Morgan fingerprint density at radius 2 is 1.90 bits per heavy atom. The molecule has 3 aromatic rings. The molecule has 4 rings (SSSR count). The van der Waals surface area contributed by atoms with Crippen LogP contribution >= 0.6 is 23.2 Å². The summed E-state index contributed by atoms with van der Waals surface area (Å²) < 4.78 is 7.20. The summed E-state index contributed by atoms with van der Waals surface area (Å²) in [5, 5.41) is 6.24. The number of aromatic amines is 1. The van der Waals surface area contributed by atoms with Crippen LogP contribution in [0.4, 0.5) is 4.79 Å². The molecule has 1 aromatic carbocycles. The molecule has 0 unspecified atom stereocenters. The molecule has 0 radical (unpaired) electrons. The first-order valence-corrected chi connectivity index (χ1v) is 10.3. The SMILES string of the molecule is CC(C)(C)OC(=O)N1CCC(c2cc(=O)[nH]c3c4cc(Cl)cc(Cl)c4nn23)CC1. The van der Waals surface area contributed by atoms with Gasteiger partial charge >= 0.3 is 6.09 Å². The summed E-state index contributed by atoms with van der Waals surface area (Å²) in [5.74, 6) is 0.0852. The summed E-state index contributed by atoms with van der Waals surface area (Å²) in [6.07, 6.45) is 1.11. The van der Waals surface area contributed by atoms with E-state index < -0.39 is 5.60 Å². The largest absolute Gasteiger partial charge is 0.444 e. The van der Waals surface area contributed by atoms with E-state index in [0.29, 0.717) is 52.5 Å². The van der Waals surface area contributed by atoms with Crippen molar-refractivity contribution in [2.45, 2.75) is 45.1 Å². The van der Waals surface area contributed by atoms with Crippen LogP contribution in [0.15, 0.2) is 23.0 Å². The Morgan fingerprint density at radius 3 is 2.55 bits per heavy atom. The first kappa shape index (κ1) is 20.0. The first-order chi connectivity index (χ1) is 13.6. The van der Waals surface area contributed by atoms with Gasteiger partial charge in [-0.15, -0.1) is 0 Å². The summed E-state index contributed by atoms with van der Waals surface area (Å²) in [5.41, 5.74) is 1.23. The average Bonchev–Trinajstić information content (AvgIpc) is 2.99. The number of piperidine rings is 1. The molecule has 1 fully saturated rings. The maximum absolute atomic E-state index is 12.3. The Morgan fingerprint density at radius 1 is 1.21 bits per heavy atom. The number of hydrogen-bond acceptors (Lipinski definition) is 4. The lowest BCUT2D eigenvalue weighted by molar-refractivity contribution is 0.0203. The third-order valence-corrected chi connectivity index (χ3v) is 5.53. The third-order valence-electron chi connectivity index (χ3n) is 5.03. The predicted molar refractivity (Wildman–Crippen MR) is 113 cm³/mol. The molecule has 0 spiro atoms. The number of carbonyl (C=O) groups is 1. The maximum atomic E-state index is 12.3. The molecule has 1 amide bonds. The Kier molecular flexibility index (Phi) is 4.99. The van der Waals surface area contributed by atoms with Crippen molar-refractivity contribution in [2.24, 2.45) is 0 Å². The van der Waals surface area contributed by atoms with E-state index in [2.05, 4.69) is 10.1 Å². The van der Waals surface area contributed by atoms with E-state index in [0.717, 1.165) is 5.69 Å². The van der Waals surface area contributed by atoms with E-state index in [-0.39, 0.29) is 17.6 Å². The zero-order valence-corrected chi connectivity index (χ0v) is 18.0. The van der Waals surface area contributed by atoms with Gasteiger partial charge in [0, 0.05) is 35.5 Å². The van der Waals surface area contributed by atoms with Crippen molar-refractivity contribution in [3.05, 3.63) is 44.3 Å². The van der Waals surface area contributed by atoms with Crippen LogP contribution in [0.25, 0.3) is 16.6 Å². The number of likely N-dealkylation sites (tertiary alicyclic amines) is 1. The lowest BCUT2D eigenvalue weighted by Crippen LogP contribution is -2.41. The fraction of sp³-hybridized carbons (Fsp3) is 0.450. The van der Waals surface area contributed by atoms with Gasteiger partial charge in [0.25, 0.3) is 5.56 Å². The van der Waals surface area contributed by atoms with Crippen LogP contribution in [0.5, 0.6) is 0 Å². The van der Waals surface area contributed by atoms with Crippen molar-refractivity contribution in [2.75, 3.05) is 13.1 Å². The summed E-state index contributed by atoms with van der Waals surface area (Å²) in [4.78, 5) is 29.2. The molecule has 3 heterocycles.